The topological polar surface area (TPSA) is 80.9 Å². The molecule has 102 valence electrons. The molecule has 2 aromatic rings. The van der Waals surface area contributed by atoms with Gasteiger partial charge in [0.25, 0.3) is 0 Å². The number of nitrogens with one attached hydrogen (secondary N) is 1. The SMILES string of the molecule is NCCc1nccc(-c2ccc3c(c2)CCC(=O)N3)n1. The zero-order valence-corrected chi connectivity index (χ0v) is 11.1. The van der Waals surface area contributed by atoms with Crippen molar-refractivity contribution < 1.29 is 4.79 Å². The number of amides is 1. The molecule has 0 bridgehead atoms. The van der Waals surface area contributed by atoms with E-state index >= 15 is 0 Å². The van der Waals surface area contributed by atoms with E-state index in [1.54, 1.807) is 6.20 Å². The Hall–Kier alpha value is -2.27. The van der Waals surface area contributed by atoms with Gasteiger partial charge in [0, 0.05) is 30.3 Å². The number of fused-ring (bicyclic) bond motifs is 1. The number of nitrogens with zero attached hydrogens (tertiary/aromatic N) is 2. The molecular weight excluding hydrogens is 252 g/mol. The van der Waals surface area contributed by atoms with Gasteiger partial charge >= 0.3 is 0 Å². The summed E-state index contributed by atoms with van der Waals surface area (Å²) in [6.45, 7) is 0.541. The van der Waals surface area contributed by atoms with Crippen LogP contribution >= 0.6 is 0 Å². The molecule has 0 unspecified atom stereocenters. The second-order valence-corrected chi connectivity index (χ2v) is 4.82. The summed E-state index contributed by atoms with van der Waals surface area (Å²) in [5, 5.41) is 2.88. The first-order valence-electron chi connectivity index (χ1n) is 6.71. The van der Waals surface area contributed by atoms with Crippen molar-refractivity contribution in [1.29, 1.82) is 0 Å². The molecule has 1 aliphatic heterocycles. The number of benzene rings is 1. The van der Waals surface area contributed by atoms with Crippen molar-refractivity contribution >= 4 is 11.6 Å². The van der Waals surface area contributed by atoms with Gasteiger partial charge in [-0.2, -0.15) is 0 Å². The highest BCUT2D eigenvalue weighted by molar-refractivity contribution is 5.94. The highest BCUT2D eigenvalue weighted by Crippen LogP contribution is 2.27. The van der Waals surface area contributed by atoms with Crippen molar-refractivity contribution in [3.63, 3.8) is 0 Å². The lowest BCUT2D eigenvalue weighted by atomic mass is 9.99. The smallest absolute Gasteiger partial charge is 0.224 e. The molecule has 0 atom stereocenters. The van der Waals surface area contributed by atoms with E-state index in [9.17, 15) is 4.79 Å². The minimum Gasteiger partial charge on any atom is -0.330 e. The monoisotopic (exact) mass is 268 g/mol. The molecule has 3 rings (SSSR count). The highest BCUT2D eigenvalue weighted by Gasteiger charge is 2.15. The van der Waals surface area contributed by atoms with Crippen LogP contribution in [-0.2, 0) is 17.6 Å². The third-order valence-electron chi connectivity index (χ3n) is 3.37. The van der Waals surface area contributed by atoms with Gasteiger partial charge in [0.2, 0.25) is 5.91 Å². The Labute approximate surface area is 117 Å². The second-order valence-electron chi connectivity index (χ2n) is 4.82. The molecule has 1 amide bonds. The number of nitrogens with two attached hydrogens (primary N) is 1. The van der Waals surface area contributed by atoms with Gasteiger partial charge < -0.3 is 11.1 Å². The summed E-state index contributed by atoms with van der Waals surface area (Å²) in [6, 6.07) is 7.89. The van der Waals surface area contributed by atoms with Crippen LogP contribution in [-0.4, -0.2) is 22.4 Å². The minimum atomic E-state index is 0.0810. The van der Waals surface area contributed by atoms with Crippen molar-refractivity contribution in [1.82, 2.24) is 9.97 Å². The molecule has 0 saturated carbocycles. The number of carbonyl (C=O) groups excluding carboxylic acids is 1. The molecule has 0 saturated heterocycles. The molecule has 20 heavy (non-hydrogen) atoms. The van der Waals surface area contributed by atoms with Crippen LogP contribution in [0.1, 0.15) is 17.8 Å². The lowest BCUT2D eigenvalue weighted by Gasteiger charge is -2.17. The number of hydrogen-bond donors (Lipinski definition) is 2. The van der Waals surface area contributed by atoms with Gasteiger partial charge in [0.15, 0.2) is 0 Å². The van der Waals surface area contributed by atoms with Gasteiger partial charge in [0.05, 0.1) is 5.69 Å². The van der Waals surface area contributed by atoms with Crippen molar-refractivity contribution in [3.05, 3.63) is 41.9 Å². The summed E-state index contributed by atoms with van der Waals surface area (Å²) in [4.78, 5) is 20.1. The number of anilines is 1. The van der Waals surface area contributed by atoms with Gasteiger partial charge in [-0.15, -0.1) is 0 Å². The number of aryl methyl sites for hydroxylation is 1. The molecule has 1 aromatic heterocycles. The average molecular weight is 268 g/mol. The molecule has 3 N–H and O–H groups in total. The minimum absolute atomic E-state index is 0.0810. The second kappa shape index (κ2) is 5.38. The number of rotatable bonds is 3. The van der Waals surface area contributed by atoms with Crippen LogP contribution in [0.2, 0.25) is 0 Å². The molecule has 1 aromatic carbocycles. The molecule has 0 aliphatic carbocycles. The summed E-state index contributed by atoms with van der Waals surface area (Å²) in [5.41, 5.74) is 9.52. The third-order valence-corrected chi connectivity index (χ3v) is 3.37. The van der Waals surface area contributed by atoms with Crippen molar-refractivity contribution in [2.45, 2.75) is 19.3 Å². The van der Waals surface area contributed by atoms with Gasteiger partial charge in [-0.1, -0.05) is 6.07 Å². The molecule has 0 radical (unpaired) electrons. The average Bonchev–Trinajstić information content (AvgIpc) is 2.47. The molecule has 0 fully saturated rings. The van der Waals surface area contributed by atoms with Gasteiger partial charge in [-0.05, 0) is 36.7 Å². The quantitative estimate of drug-likeness (QED) is 0.884. The van der Waals surface area contributed by atoms with E-state index in [-0.39, 0.29) is 5.91 Å². The summed E-state index contributed by atoms with van der Waals surface area (Å²) in [7, 11) is 0. The van der Waals surface area contributed by atoms with Crippen LogP contribution in [0.25, 0.3) is 11.3 Å². The zero-order valence-electron chi connectivity index (χ0n) is 11.1. The highest BCUT2D eigenvalue weighted by atomic mass is 16.1. The first-order valence-corrected chi connectivity index (χ1v) is 6.71. The summed E-state index contributed by atoms with van der Waals surface area (Å²) in [5.74, 6) is 0.841. The maximum absolute atomic E-state index is 11.4. The lowest BCUT2D eigenvalue weighted by molar-refractivity contribution is -0.116. The van der Waals surface area contributed by atoms with Gasteiger partial charge in [-0.25, -0.2) is 9.97 Å². The van der Waals surface area contributed by atoms with Crippen molar-refractivity contribution in [3.8, 4) is 11.3 Å². The fraction of sp³-hybridized carbons (Fsp3) is 0.267. The first kappa shape index (κ1) is 12.7. The Balaban J connectivity index is 1.94. The molecule has 2 heterocycles. The molecule has 1 aliphatic rings. The number of carbonyl (C=O) groups is 1. The van der Waals surface area contributed by atoms with E-state index in [4.69, 9.17) is 5.73 Å². The normalized spacial score (nSPS) is 13.8. The van der Waals surface area contributed by atoms with E-state index in [1.807, 2.05) is 18.2 Å². The predicted molar refractivity (Wildman–Crippen MR) is 77.2 cm³/mol. The maximum Gasteiger partial charge on any atom is 0.224 e. The van der Waals surface area contributed by atoms with E-state index in [2.05, 4.69) is 21.4 Å². The van der Waals surface area contributed by atoms with E-state index in [0.717, 1.165) is 34.8 Å². The van der Waals surface area contributed by atoms with Crippen LogP contribution in [0.15, 0.2) is 30.5 Å². The Bertz CT molecular complexity index is 654. The van der Waals surface area contributed by atoms with Crippen LogP contribution < -0.4 is 11.1 Å². The number of aromatic nitrogens is 2. The number of hydrogen-bond acceptors (Lipinski definition) is 4. The summed E-state index contributed by atoms with van der Waals surface area (Å²) < 4.78 is 0. The molecular formula is C15H16N4O. The van der Waals surface area contributed by atoms with Crippen LogP contribution in [0, 0.1) is 0 Å². The standard InChI is InChI=1S/C15H16N4O/c16-7-5-14-17-8-6-13(18-14)10-1-3-12-11(9-10)2-4-15(20)19-12/h1,3,6,8-9H,2,4-5,7,16H2,(H,19,20). The lowest BCUT2D eigenvalue weighted by Crippen LogP contribution is -2.18. The fourth-order valence-electron chi connectivity index (χ4n) is 2.35. The van der Waals surface area contributed by atoms with Crippen molar-refractivity contribution in [2.75, 3.05) is 11.9 Å². The first-order chi connectivity index (χ1) is 9.76. The maximum atomic E-state index is 11.4. The predicted octanol–water partition coefficient (Wildman–Crippen LogP) is 1.53. The van der Waals surface area contributed by atoms with Gasteiger partial charge in [-0.3, -0.25) is 4.79 Å². The Kier molecular flexibility index (Phi) is 3.43. The van der Waals surface area contributed by atoms with E-state index in [0.29, 0.717) is 19.4 Å². The summed E-state index contributed by atoms with van der Waals surface area (Å²) in [6.07, 6.45) is 3.75. The van der Waals surface area contributed by atoms with Crippen LogP contribution in [0.4, 0.5) is 5.69 Å². The van der Waals surface area contributed by atoms with E-state index < -0.39 is 0 Å². The Morgan fingerprint density at radius 1 is 1.25 bits per heavy atom. The molecule has 0 spiro atoms. The van der Waals surface area contributed by atoms with Crippen molar-refractivity contribution in [2.24, 2.45) is 5.73 Å². The Morgan fingerprint density at radius 2 is 2.15 bits per heavy atom. The molecule has 5 nitrogen and oxygen atoms in total. The zero-order chi connectivity index (χ0) is 13.9. The fourth-order valence-corrected chi connectivity index (χ4v) is 2.35. The van der Waals surface area contributed by atoms with Crippen LogP contribution in [0.3, 0.4) is 0 Å². The summed E-state index contributed by atoms with van der Waals surface area (Å²) >= 11 is 0. The largest absolute Gasteiger partial charge is 0.330 e. The third kappa shape index (κ3) is 2.53. The Morgan fingerprint density at radius 3 is 3.00 bits per heavy atom. The molecule has 5 heteroatoms. The van der Waals surface area contributed by atoms with E-state index in [1.165, 1.54) is 0 Å². The van der Waals surface area contributed by atoms with Gasteiger partial charge in [0.1, 0.15) is 5.82 Å². The van der Waals surface area contributed by atoms with Crippen LogP contribution in [0.5, 0.6) is 0 Å².